The Balaban J connectivity index is 2.09. The van der Waals surface area contributed by atoms with Gasteiger partial charge in [-0.25, -0.2) is 8.42 Å². The molecule has 3 aromatic rings. The van der Waals surface area contributed by atoms with Crippen LogP contribution in [0.25, 0.3) is 0 Å². The van der Waals surface area contributed by atoms with Crippen molar-refractivity contribution in [3.8, 4) is 11.5 Å². The number of hydrogen-bond donors (Lipinski definition) is 1. The summed E-state index contributed by atoms with van der Waals surface area (Å²) in [6.07, 6.45) is 2.86. The lowest BCUT2D eigenvalue weighted by Crippen LogP contribution is -2.53. The predicted molar refractivity (Wildman–Crippen MR) is 171 cm³/mol. The summed E-state index contributed by atoms with van der Waals surface area (Å²) < 4.78 is 37.8. The molecule has 3 rings (SSSR count). The minimum absolute atomic E-state index is 0.0221. The zero-order chi connectivity index (χ0) is 31.6. The van der Waals surface area contributed by atoms with Crippen molar-refractivity contribution in [3.63, 3.8) is 0 Å². The second-order valence-corrected chi connectivity index (χ2v) is 12.6. The zero-order valence-corrected chi connectivity index (χ0v) is 27.0. The number of nitrogens with one attached hydrogen (secondary N) is 1. The maximum absolute atomic E-state index is 14.2. The fraction of sp³-hybridized carbons (Fsp3) is 0.355. The molecule has 0 unspecified atom stereocenters. The van der Waals surface area contributed by atoms with E-state index in [9.17, 15) is 18.0 Å². The number of anilines is 1. The van der Waals surface area contributed by atoms with Crippen molar-refractivity contribution in [3.05, 3.63) is 87.9 Å². The van der Waals surface area contributed by atoms with E-state index in [0.717, 1.165) is 29.0 Å². The monoisotopic (exact) mass is 649 g/mol. The van der Waals surface area contributed by atoms with Crippen LogP contribution in [0.3, 0.4) is 0 Å². The van der Waals surface area contributed by atoms with Crippen LogP contribution in [0.5, 0.6) is 11.5 Å². The normalized spacial score (nSPS) is 11.9. The van der Waals surface area contributed by atoms with Gasteiger partial charge in [0.05, 0.1) is 36.2 Å². The number of carbonyl (C=O) groups excluding carboxylic acids is 2. The van der Waals surface area contributed by atoms with Gasteiger partial charge in [0.15, 0.2) is 0 Å². The van der Waals surface area contributed by atoms with E-state index in [1.807, 2.05) is 37.3 Å². The average molecular weight is 651 g/mol. The molecule has 232 valence electrons. The van der Waals surface area contributed by atoms with Gasteiger partial charge < -0.3 is 19.7 Å². The summed E-state index contributed by atoms with van der Waals surface area (Å²) >= 11 is 12.4. The third-order valence-corrected chi connectivity index (χ3v) is 8.64. The van der Waals surface area contributed by atoms with Crippen LogP contribution in [0, 0.1) is 0 Å². The maximum Gasteiger partial charge on any atom is 0.244 e. The van der Waals surface area contributed by atoms with Crippen molar-refractivity contribution in [2.45, 2.75) is 38.8 Å². The van der Waals surface area contributed by atoms with Gasteiger partial charge in [-0.3, -0.25) is 13.9 Å². The number of methoxy groups -OCH3 is 2. The first-order chi connectivity index (χ1) is 20.5. The Kier molecular flexibility index (Phi) is 12.5. The van der Waals surface area contributed by atoms with Gasteiger partial charge in [-0.1, -0.05) is 72.9 Å². The van der Waals surface area contributed by atoms with Crippen LogP contribution in [0.15, 0.2) is 66.7 Å². The van der Waals surface area contributed by atoms with Crippen LogP contribution in [0.2, 0.25) is 10.0 Å². The molecule has 43 heavy (non-hydrogen) atoms. The molecule has 0 heterocycles. The minimum Gasteiger partial charge on any atom is -0.497 e. The Morgan fingerprint density at radius 1 is 0.930 bits per heavy atom. The number of carbonyl (C=O) groups is 2. The van der Waals surface area contributed by atoms with E-state index < -0.39 is 28.5 Å². The zero-order valence-electron chi connectivity index (χ0n) is 24.7. The van der Waals surface area contributed by atoms with Crippen molar-refractivity contribution in [2.75, 3.05) is 37.9 Å². The summed E-state index contributed by atoms with van der Waals surface area (Å²) in [4.78, 5) is 29.3. The van der Waals surface area contributed by atoms with E-state index in [1.54, 1.807) is 24.3 Å². The predicted octanol–water partition coefficient (Wildman–Crippen LogP) is 5.33. The lowest BCUT2D eigenvalue weighted by molar-refractivity contribution is -0.140. The standard InChI is InChI=1S/C31H37Cl2N3O6S/c1-5-6-16-34-31(38)28(18-22-10-8-7-9-11-22)35(20-23-12-14-25(32)26(33)17-23)30(37)21-36(43(4,39)40)27-15-13-24(41-2)19-29(27)42-3/h7-15,17,19,28H,5-6,16,18,20-21H2,1-4H3,(H,34,38)/t28-/m0/s1. The first-order valence-electron chi connectivity index (χ1n) is 13.7. The van der Waals surface area contributed by atoms with Crippen molar-refractivity contribution in [1.29, 1.82) is 0 Å². The summed E-state index contributed by atoms with van der Waals surface area (Å²) in [5.74, 6) is -0.292. The van der Waals surface area contributed by atoms with E-state index in [4.69, 9.17) is 32.7 Å². The van der Waals surface area contributed by atoms with E-state index in [-0.39, 0.29) is 30.3 Å². The third-order valence-electron chi connectivity index (χ3n) is 6.77. The Hall–Kier alpha value is -3.47. The number of rotatable bonds is 15. The second-order valence-electron chi connectivity index (χ2n) is 9.93. The third kappa shape index (κ3) is 9.51. The number of nitrogens with zero attached hydrogens (tertiary/aromatic N) is 2. The Labute approximate surface area is 263 Å². The molecule has 0 aromatic heterocycles. The van der Waals surface area contributed by atoms with Crippen molar-refractivity contribution in [1.82, 2.24) is 10.2 Å². The molecular formula is C31H37Cl2N3O6S. The molecular weight excluding hydrogens is 613 g/mol. The highest BCUT2D eigenvalue weighted by Gasteiger charge is 2.33. The molecule has 0 aliphatic rings. The number of hydrogen-bond acceptors (Lipinski definition) is 6. The molecule has 2 amide bonds. The van der Waals surface area contributed by atoms with Gasteiger partial charge in [-0.2, -0.15) is 0 Å². The van der Waals surface area contributed by atoms with Gasteiger partial charge in [0, 0.05) is 25.6 Å². The summed E-state index contributed by atoms with van der Waals surface area (Å²) in [7, 11) is -1.11. The molecule has 0 fully saturated rings. The highest BCUT2D eigenvalue weighted by molar-refractivity contribution is 7.92. The molecule has 1 N–H and O–H groups in total. The summed E-state index contributed by atoms with van der Waals surface area (Å²) in [6.45, 7) is 1.84. The van der Waals surface area contributed by atoms with E-state index in [0.29, 0.717) is 27.9 Å². The Morgan fingerprint density at radius 3 is 2.26 bits per heavy atom. The maximum atomic E-state index is 14.2. The van der Waals surface area contributed by atoms with E-state index in [2.05, 4.69) is 5.32 Å². The Morgan fingerprint density at radius 2 is 1.65 bits per heavy atom. The molecule has 9 nitrogen and oxygen atoms in total. The van der Waals surface area contributed by atoms with Crippen molar-refractivity contribution < 1.29 is 27.5 Å². The largest absolute Gasteiger partial charge is 0.497 e. The summed E-state index contributed by atoms with van der Waals surface area (Å²) in [5.41, 5.74) is 1.61. The van der Waals surface area contributed by atoms with Gasteiger partial charge in [-0.15, -0.1) is 0 Å². The van der Waals surface area contributed by atoms with Crippen LogP contribution < -0.4 is 19.1 Å². The van der Waals surface area contributed by atoms with Gasteiger partial charge >= 0.3 is 0 Å². The fourth-order valence-corrected chi connectivity index (χ4v) is 5.65. The lowest BCUT2D eigenvalue weighted by Gasteiger charge is -2.34. The number of sulfonamides is 1. The van der Waals surface area contributed by atoms with Crippen LogP contribution in [-0.4, -0.2) is 64.7 Å². The topological polar surface area (TPSA) is 105 Å². The van der Waals surface area contributed by atoms with Gasteiger partial charge in [0.1, 0.15) is 24.1 Å². The molecule has 3 aromatic carbocycles. The molecule has 0 saturated heterocycles. The molecule has 0 bridgehead atoms. The molecule has 0 saturated carbocycles. The average Bonchev–Trinajstić information content (AvgIpc) is 2.99. The summed E-state index contributed by atoms with van der Waals surface area (Å²) in [6, 6.07) is 17.9. The van der Waals surface area contributed by atoms with Gasteiger partial charge in [-0.05, 0) is 41.8 Å². The van der Waals surface area contributed by atoms with E-state index in [1.165, 1.54) is 31.3 Å². The number of benzene rings is 3. The van der Waals surface area contributed by atoms with Crippen molar-refractivity contribution in [2.24, 2.45) is 0 Å². The molecule has 0 radical (unpaired) electrons. The Bertz CT molecular complexity index is 1500. The first kappa shape index (κ1) is 34.0. The van der Waals surface area contributed by atoms with Crippen LogP contribution in [0.1, 0.15) is 30.9 Å². The highest BCUT2D eigenvalue weighted by Crippen LogP contribution is 2.34. The molecule has 1 atom stereocenters. The van der Waals surface area contributed by atoms with Crippen molar-refractivity contribution >= 4 is 50.7 Å². The molecule has 12 heteroatoms. The number of amides is 2. The van der Waals surface area contributed by atoms with Crippen LogP contribution in [0.4, 0.5) is 5.69 Å². The van der Waals surface area contributed by atoms with Crippen LogP contribution in [-0.2, 0) is 32.6 Å². The number of ether oxygens (including phenoxy) is 2. The summed E-state index contributed by atoms with van der Waals surface area (Å²) in [5, 5.41) is 3.58. The minimum atomic E-state index is -3.98. The first-order valence-corrected chi connectivity index (χ1v) is 16.3. The highest BCUT2D eigenvalue weighted by atomic mass is 35.5. The SMILES string of the molecule is CCCCNC(=O)[C@H](Cc1ccccc1)N(Cc1ccc(Cl)c(Cl)c1)C(=O)CN(c1ccc(OC)cc1OC)S(C)(=O)=O. The van der Waals surface area contributed by atoms with Gasteiger partial charge in [0.25, 0.3) is 0 Å². The fourth-order valence-electron chi connectivity index (χ4n) is 4.48. The quantitative estimate of drug-likeness (QED) is 0.223. The van der Waals surface area contributed by atoms with Gasteiger partial charge in [0.2, 0.25) is 21.8 Å². The number of unbranched alkanes of at least 4 members (excludes halogenated alkanes) is 1. The van der Waals surface area contributed by atoms with E-state index >= 15 is 0 Å². The second kappa shape index (κ2) is 15.8. The molecule has 0 aliphatic heterocycles. The van der Waals surface area contributed by atoms with Crippen LogP contribution >= 0.6 is 23.2 Å². The lowest BCUT2D eigenvalue weighted by atomic mass is 10.0. The smallest absolute Gasteiger partial charge is 0.244 e. The molecule has 0 spiro atoms. The number of halogens is 2. The molecule has 0 aliphatic carbocycles.